The number of thiophene rings is 1. The molecule has 0 bridgehead atoms. The number of rotatable bonds is 6. The van der Waals surface area contributed by atoms with Crippen molar-refractivity contribution in [2.24, 2.45) is 5.92 Å². The van der Waals surface area contributed by atoms with Crippen molar-refractivity contribution in [3.8, 4) is 0 Å². The maximum Gasteiger partial charge on any atom is 0.0710 e. The number of fused-ring (bicyclic) bond motifs is 1. The van der Waals surface area contributed by atoms with E-state index in [-0.39, 0.29) is 0 Å². The van der Waals surface area contributed by atoms with E-state index in [9.17, 15) is 0 Å². The molecular weight excluding hydrogens is 294 g/mol. The van der Waals surface area contributed by atoms with Crippen LogP contribution in [0.4, 0.5) is 0 Å². The zero-order valence-corrected chi connectivity index (χ0v) is 13.0. The Morgan fingerprint density at radius 1 is 1.41 bits per heavy atom. The highest BCUT2D eigenvalue weighted by Gasteiger charge is 2.10. The number of hydrogen-bond donors (Lipinski definition) is 1. The molecule has 0 aliphatic heterocycles. The van der Waals surface area contributed by atoms with Crippen LogP contribution in [0.25, 0.3) is 10.2 Å². The molecule has 94 valence electrons. The smallest absolute Gasteiger partial charge is 0.0710 e. The van der Waals surface area contributed by atoms with E-state index < -0.39 is 0 Å². The number of H-pyrrole nitrogens is 1. The molecule has 3 heteroatoms. The molecule has 2 aromatic rings. The minimum absolute atomic E-state index is 0.886. The molecule has 2 aromatic heterocycles. The fourth-order valence-electron chi connectivity index (χ4n) is 2.07. The summed E-state index contributed by atoms with van der Waals surface area (Å²) in [4.78, 5) is 4.79. The minimum atomic E-state index is 0.886. The summed E-state index contributed by atoms with van der Waals surface area (Å²) < 4.78 is 2.65. The highest BCUT2D eigenvalue weighted by molar-refractivity contribution is 9.10. The van der Waals surface area contributed by atoms with Crippen molar-refractivity contribution in [3.05, 3.63) is 21.6 Å². The Kier molecular flexibility index (Phi) is 4.69. The molecule has 1 unspecified atom stereocenters. The van der Waals surface area contributed by atoms with Gasteiger partial charge in [-0.2, -0.15) is 0 Å². The molecule has 0 aromatic carbocycles. The summed E-state index contributed by atoms with van der Waals surface area (Å²) >= 11 is 5.62. The molecule has 2 heterocycles. The molecule has 0 spiro atoms. The van der Waals surface area contributed by atoms with Crippen molar-refractivity contribution in [3.63, 3.8) is 0 Å². The SMILES string of the molecule is CCC(C)CCCCc1sc2cc[nH]c2c1Br. The Balaban J connectivity index is 1.86. The maximum atomic E-state index is 3.70. The predicted molar refractivity (Wildman–Crippen MR) is 80.9 cm³/mol. The Hall–Kier alpha value is -0.280. The maximum absolute atomic E-state index is 3.70. The summed E-state index contributed by atoms with van der Waals surface area (Å²) in [5, 5.41) is 0. The van der Waals surface area contributed by atoms with E-state index in [0.29, 0.717) is 0 Å². The zero-order chi connectivity index (χ0) is 12.3. The molecule has 0 aliphatic rings. The van der Waals surface area contributed by atoms with Crippen LogP contribution in [0.1, 0.15) is 44.4 Å². The van der Waals surface area contributed by atoms with Crippen molar-refractivity contribution < 1.29 is 0 Å². The normalized spacial score (nSPS) is 13.4. The topological polar surface area (TPSA) is 15.8 Å². The Labute approximate surface area is 116 Å². The summed E-state index contributed by atoms with van der Waals surface area (Å²) in [6.45, 7) is 4.63. The van der Waals surface area contributed by atoms with Gasteiger partial charge in [0.2, 0.25) is 0 Å². The van der Waals surface area contributed by atoms with Crippen LogP contribution in [0, 0.1) is 5.92 Å². The Morgan fingerprint density at radius 3 is 2.94 bits per heavy atom. The number of aryl methyl sites for hydroxylation is 1. The minimum Gasteiger partial charge on any atom is -0.360 e. The van der Waals surface area contributed by atoms with E-state index in [1.807, 2.05) is 17.5 Å². The largest absolute Gasteiger partial charge is 0.360 e. The van der Waals surface area contributed by atoms with Gasteiger partial charge >= 0.3 is 0 Å². The van der Waals surface area contributed by atoms with Gasteiger partial charge in [-0.25, -0.2) is 0 Å². The van der Waals surface area contributed by atoms with Gasteiger partial charge in [0.1, 0.15) is 0 Å². The highest BCUT2D eigenvalue weighted by Crippen LogP contribution is 2.35. The van der Waals surface area contributed by atoms with Crippen LogP contribution in [0.15, 0.2) is 16.7 Å². The summed E-state index contributed by atoms with van der Waals surface area (Å²) in [5.41, 5.74) is 1.27. The molecule has 0 aliphatic carbocycles. The molecule has 0 radical (unpaired) electrons. The molecule has 0 amide bonds. The standard InChI is InChI=1S/C14H20BrNS/c1-3-10(2)6-4-5-7-11-13(15)14-12(17-11)8-9-16-14/h8-10,16H,3-7H2,1-2H3. The predicted octanol–water partition coefficient (Wildman–Crippen LogP) is 5.75. The first kappa shape index (κ1) is 13.2. The lowest BCUT2D eigenvalue weighted by Gasteiger charge is -2.06. The molecule has 1 atom stereocenters. The van der Waals surface area contributed by atoms with Gasteiger partial charge in [-0.3, -0.25) is 0 Å². The van der Waals surface area contributed by atoms with E-state index in [0.717, 1.165) is 5.92 Å². The highest BCUT2D eigenvalue weighted by atomic mass is 79.9. The van der Waals surface area contributed by atoms with Crippen LogP contribution in [-0.4, -0.2) is 4.98 Å². The van der Waals surface area contributed by atoms with Crippen molar-refractivity contribution in [1.29, 1.82) is 0 Å². The van der Waals surface area contributed by atoms with Gasteiger partial charge in [0, 0.05) is 11.1 Å². The number of aromatic nitrogens is 1. The average molecular weight is 314 g/mol. The third-order valence-electron chi connectivity index (χ3n) is 3.45. The third kappa shape index (κ3) is 3.14. The third-order valence-corrected chi connectivity index (χ3v) is 5.81. The molecule has 1 N–H and O–H groups in total. The van der Waals surface area contributed by atoms with E-state index >= 15 is 0 Å². The van der Waals surface area contributed by atoms with Gasteiger partial charge < -0.3 is 4.98 Å². The molecule has 17 heavy (non-hydrogen) atoms. The lowest BCUT2D eigenvalue weighted by molar-refractivity contribution is 0.485. The van der Waals surface area contributed by atoms with Crippen molar-refractivity contribution in [2.45, 2.75) is 46.0 Å². The van der Waals surface area contributed by atoms with Crippen LogP contribution in [0.2, 0.25) is 0 Å². The molecule has 0 fully saturated rings. The molecular formula is C14H20BrNS. The van der Waals surface area contributed by atoms with Crippen molar-refractivity contribution in [2.75, 3.05) is 0 Å². The zero-order valence-electron chi connectivity index (χ0n) is 10.6. The van der Waals surface area contributed by atoms with Crippen LogP contribution in [0.5, 0.6) is 0 Å². The van der Waals surface area contributed by atoms with Gasteiger partial charge in [0.15, 0.2) is 0 Å². The van der Waals surface area contributed by atoms with Crippen LogP contribution in [0.3, 0.4) is 0 Å². The number of nitrogens with one attached hydrogen (secondary N) is 1. The van der Waals surface area contributed by atoms with Gasteiger partial charge in [-0.1, -0.05) is 33.1 Å². The summed E-state index contributed by atoms with van der Waals surface area (Å²) in [7, 11) is 0. The van der Waals surface area contributed by atoms with Gasteiger partial charge in [0.25, 0.3) is 0 Å². The first-order valence-electron chi connectivity index (χ1n) is 6.46. The quantitative estimate of drug-likeness (QED) is 0.653. The Bertz CT molecular complexity index is 471. The molecule has 0 saturated heterocycles. The van der Waals surface area contributed by atoms with Crippen molar-refractivity contribution >= 4 is 37.5 Å². The van der Waals surface area contributed by atoms with Gasteiger partial charge in [0.05, 0.1) is 14.7 Å². The fraction of sp³-hybridized carbons (Fsp3) is 0.571. The van der Waals surface area contributed by atoms with E-state index in [1.54, 1.807) is 0 Å². The molecule has 1 nitrogen and oxygen atoms in total. The second-order valence-corrected chi connectivity index (χ2v) is 6.75. The fourth-order valence-corrected chi connectivity index (χ4v) is 4.07. The lowest BCUT2D eigenvalue weighted by Crippen LogP contribution is -1.92. The van der Waals surface area contributed by atoms with Crippen LogP contribution >= 0.6 is 27.3 Å². The number of hydrogen-bond acceptors (Lipinski definition) is 1. The van der Waals surface area contributed by atoms with Crippen LogP contribution < -0.4 is 0 Å². The lowest BCUT2D eigenvalue weighted by atomic mass is 10.0. The second kappa shape index (κ2) is 6.05. The molecule has 0 saturated carbocycles. The first-order chi connectivity index (χ1) is 8.22. The van der Waals surface area contributed by atoms with Crippen LogP contribution in [-0.2, 0) is 6.42 Å². The van der Waals surface area contributed by atoms with E-state index in [4.69, 9.17) is 0 Å². The second-order valence-electron chi connectivity index (χ2n) is 4.82. The summed E-state index contributed by atoms with van der Waals surface area (Å²) in [6, 6.07) is 2.16. The van der Waals surface area contributed by atoms with Gasteiger partial charge in [-0.15, -0.1) is 11.3 Å². The number of aromatic amines is 1. The summed E-state index contributed by atoms with van der Waals surface area (Å²) in [6.07, 6.45) is 8.57. The van der Waals surface area contributed by atoms with E-state index in [1.165, 1.54) is 51.7 Å². The summed E-state index contributed by atoms with van der Waals surface area (Å²) in [5.74, 6) is 0.886. The molecule has 2 rings (SSSR count). The Morgan fingerprint density at radius 2 is 2.24 bits per heavy atom. The average Bonchev–Trinajstić information content (AvgIpc) is 2.89. The first-order valence-corrected chi connectivity index (χ1v) is 8.07. The van der Waals surface area contributed by atoms with E-state index in [2.05, 4.69) is 40.8 Å². The van der Waals surface area contributed by atoms with Crippen molar-refractivity contribution in [1.82, 2.24) is 4.98 Å². The number of halogens is 1. The monoisotopic (exact) mass is 313 g/mol. The number of unbranched alkanes of at least 4 members (excludes halogenated alkanes) is 1. The van der Waals surface area contributed by atoms with Gasteiger partial charge in [-0.05, 0) is 40.8 Å².